The molecule has 1 aliphatic carbocycles. The second-order valence-electron chi connectivity index (χ2n) is 11.8. The number of aromatic hydroxyl groups is 2. The van der Waals surface area contributed by atoms with Crippen LogP contribution >= 0.6 is 0 Å². The van der Waals surface area contributed by atoms with Gasteiger partial charge in [-0.3, -0.25) is 24.0 Å². The molecule has 2 saturated heterocycles. The number of rotatable bonds is 8. The Morgan fingerprint density at radius 3 is 2.16 bits per heavy atom. The van der Waals surface area contributed by atoms with Crippen molar-refractivity contribution >= 4 is 29.5 Å². The fourth-order valence-electron chi connectivity index (χ4n) is 6.24. The number of esters is 1. The number of carbonyl (C=O) groups is 5. The fraction of sp³-hybridized carbons (Fsp3) is 0.452. The summed E-state index contributed by atoms with van der Waals surface area (Å²) in [6.45, 7) is 4.08. The van der Waals surface area contributed by atoms with Crippen LogP contribution in [0.25, 0.3) is 0 Å². The Bertz CT molecular complexity index is 1590. The highest BCUT2D eigenvalue weighted by atomic mass is 16.7. The monoisotopic (exact) mass is 628 g/mol. The number of aliphatic hydroxyl groups is 1. The minimum atomic E-state index is -1.75. The molecule has 2 aromatic rings. The topological polar surface area (TPSA) is 223 Å². The summed E-state index contributed by atoms with van der Waals surface area (Å²) >= 11 is 0. The third-order valence-corrected chi connectivity index (χ3v) is 8.12. The number of hydrogen-bond donors (Lipinski definition) is 5. The predicted molar refractivity (Wildman–Crippen MR) is 149 cm³/mol. The number of ether oxygens (including phenoxy) is 4. The van der Waals surface area contributed by atoms with Gasteiger partial charge in [0.2, 0.25) is 6.29 Å². The van der Waals surface area contributed by atoms with Crippen molar-refractivity contribution in [3.05, 3.63) is 57.6 Å². The lowest BCUT2D eigenvalue weighted by Crippen LogP contribution is -2.57. The number of fused-ring (bicyclic) bond motifs is 3. The van der Waals surface area contributed by atoms with Gasteiger partial charge in [-0.2, -0.15) is 0 Å². The summed E-state index contributed by atoms with van der Waals surface area (Å²) in [4.78, 5) is 61.3. The largest absolute Gasteiger partial charge is 0.507 e. The normalized spacial score (nSPS) is 27.0. The van der Waals surface area contributed by atoms with E-state index in [0.29, 0.717) is 0 Å². The molecule has 5 N–H and O–H groups in total. The first-order chi connectivity index (χ1) is 21.1. The zero-order valence-electron chi connectivity index (χ0n) is 24.5. The number of carboxylic acids is 2. The highest BCUT2D eigenvalue weighted by Crippen LogP contribution is 2.45. The van der Waals surface area contributed by atoms with E-state index in [1.807, 2.05) is 0 Å². The summed E-state index contributed by atoms with van der Waals surface area (Å²) in [7, 11) is 0. The fourth-order valence-corrected chi connectivity index (χ4v) is 6.24. The van der Waals surface area contributed by atoms with Gasteiger partial charge in [0.05, 0.1) is 47.9 Å². The molecule has 0 radical (unpaired) electrons. The standard InChI is InChI=1S/C31H32O14/c1-12-29-19(44-20(9-21(33)34)30(45-29)43-13(2)32)8-18(42-12)15-6-7-17-24(26(15)38)28(40)16-5-4-14(25(37)23(16)27(17)39)10-31(3,41)11-22(35)36/h4-7,12,18-20,29-30,37-38,41H,8-11H2,1-3H3,(H,33,34)(H,35,36)/t12-,18-,19-,20+,29-,30+,31-/m1/s1. The van der Waals surface area contributed by atoms with E-state index < -0.39 is 96.2 Å². The molecular formula is C31H32O14. The van der Waals surface area contributed by atoms with Gasteiger partial charge in [0.15, 0.2) is 11.6 Å². The molecule has 14 nitrogen and oxygen atoms in total. The predicted octanol–water partition coefficient (Wildman–Crippen LogP) is 2.01. The first kappa shape index (κ1) is 32.0. The molecular weight excluding hydrogens is 596 g/mol. The van der Waals surface area contributed by atoms with Crippen LogP contribution in [0.3, 0.4) is 0 Å². The van der Waals surface area contributed by atoms with Crippen molar-refractivity contribution in [2.75, 3.05) is 0 Å². The van der Waals surface area contributed by atoms with Crippen molar-refractivity contribution in [1.29, 1.82) is 0 Å². The van der Waals surface area contributed by atoms with E-state index in [2.05, 4.69) is 0 Å². The third-order valence-electron chi connectivity index (χ3n) is 8.12. The van der Waals surface area contributed by atoms with Gasteiger partial charge in [0, 0.05) is 36.5 Å². The summed E-state index contributed by atoms with van der Waals surface area (Å²) in [6, 6.07) is 5.31. The summed E-state index contributed by atoms with van der Waals surface area (Å²) in [6.07, 6.45) is -6.82. The molecule has 2 heterocycles. The van der Waals surface area contributed by atoms with Crippen molar-refractivity contribution in [2.24, 2.45) is 0 Å². The van der Waals surface area contributed by atoms with Crippen molar-refractivity contribution in [2.45, 2.75) is 88.9 Å². The van der Waals surface area contributed by atoms with Crippen LogP contribution in [0.2, 0.25) is 0 Å². The minimum Gasteiger partial charge on any atom is -0.507 e. The van der Waals surface area contributed by atoms with E-state index in [9.17, 15) is 44.4 Å². The van der Waals surface area contributed by atoms with Crippen molar-refractivity contribution < 1.29 is 68.5 Å². The molecule has 3 aliphatic rings. The molecule has 5 rings (SSSR count). The van der Waals surface area contributed by atoms with Crippen LogP contribution in [0.4, 0.5) is 0 Å². The second kappa shape index (κ2) is 11.9. The van der Waals surface area contributed by atoms with E-state index in [0.717, 1.165) is 6.92 Å². The van der Waals surface area contributed by atoms with Gasteiger partial charge >= 0.3 is 17.9 Å². The van der Waals surface area contributed by atoms with Crippen LogP contribution in [0.5, 0.6) is 11.5 Å². The molecule has 0 bridgehead atoms. The van der Waals surface area contributed by atoms with Crippen molar-refractivity contribution in [3.8, 4) is 11.5 Å². The first-order valence-electron chi connectivity index (χ1n) is 14.2. The summed E-state index contributed by atoms with van der Waals surface area (Å²) in [5, 5.41) is 51.2. The van der Waals surface area contributed by atoms with Gasteiger partial charge in [-0.25, -0.2) is 0 Å². The average molecular weight is 629 g/mol. The summed E-state index contributed by atoms with van der Waals surface area (Å²) in [5.74, 6) is -5.74. The third kappa shape index (κ3) is 6.14. The highest BCUT2D eigenvalue weighted by Gasteiger charge is 2.49. The van der Waals surface area contributed by atoms with Gasteiger partial charge < -0.3 is 44.5 Å². The average Bonchev–Trinajstić information content (AvgIpc) is 2.91. The minimum absolute atomic E-state index is 0.0589. The number of ketones is 2. The Balaban J connectivity index is 1.43. The molecule has 0 amide bonds. The molecule has 0 spiro atoms. The maximum atomic E-state index is 13.6. The molecule has 0 saturated carbocycles. The van der Waals surface area contributed by atoms with Crippen LogP contribution in [-0.4, -0.2) is 91.3 Å². The smallest absolute Gasteiger partial charge is 0.306 e. The number of phenolic OH excluding ortho intramolecular Hbond substituents is 2. The van der Waals surface area contributed by atoms with Crippen LogP contribution in [-0.2, 0) is 39.8 Å². The van der Waals surface area contributed by atoms with Gasteiger partial charge in [0.25, 0.3) is 0 Å². The lowest BCUT2D eigenvalue weighted by Gasteiger charge is -2.47. The van der Waals surface area contributed by atoms with E-state index in [1.165, 1.54) is 31.2 Å². The second-order valence-corrected chi connectivity index (χ2v) is 11.8. The Morgan fingerprint density at radius 1 is 0.933 bits per heavy atom. The molecule has 240 valence electrons. The Labute approximate surface area is 256 Å². The molecule has 0 aromatic heterocycles. The van der Waals surface area contributed by atoms with Crippen molar-refractivity contribution in [3.63, 3.8) is 0 Å². The van der Waals surface area contributed by atoms with Crippen molar-refractivity contribution in [1.82, 2.24) is 0 Å². The Hall–Kier alpha value is -4.37. The van der Waals surface area contributed by atoms with Gasteiger partial charge in [-0.15, -0.1) is 0 Å². The Morgan fingerprint density at radius 2 is 1.56 bits per heavy atom. The van der Waals surface area contributed by atoms with E-state index >= 15 is 0 Å². The van der Waals surface area contributed by atoms with Gasteiger partial charge in [-0.05, 0) is 31.5 Å². The maximum Gasteiger partial charge on any atom is 0.306 e. The molecule has 7 atom stereocenters. The Kier molecular flexibility index (Phi) is 8.44. The number of benzene rings is 2. The maximum absolute atomic E-state index is 13.6. The number of aliphatic carboxylic acids is 2. The quantitative estimate of drug-likeness (QED) is 0.225. The van der Waals surface area contributed by atoms with Crippen LogP contribution in [0.1, 0.15) is 89.1 Å². The number of carbonyl (C=O) groups excluding carboxylic acids is 3. The SMILES string of the molecule is CC(=O)O[C@H]1O[C@@H]2[C@@H](C)O[C@@H](c3ccc4c(c3O)C(=O)c3ccc(C[C@@](C)(O)CC(=O)O)c(O)c3C4=O)C[C@H]2O[C@H]1CC(=O)O. The molecule has 2 aliphatic heterocycles. The van der Waals surface area contributed by atoms with Gasteiger partial charge in [0.1, 0.15) is 23.7 Å². The van der Waals surface area contributed by atoms with E-state index in [1.54, 1.807) is 6.92 Å². The zero-order valence-corrected chi connectivity index (χ0v) is 24.5. The molecule has 0 unspecified atom stereocenters. The number of hydrogen-bond acceptors (Lipinski definition) is 12. The first-order valence-corrected chi connectivity index (χ1v) is 14.2. The molecule has 45 heavy (non-hydrogen) atoms. The highest BCUT2D eigenvalue weighted by molar-refractivity contribution is 6.30. The number of phenols is 2. The van der Waals surface area contributed by atoms with E-state index in [4.69, 9.17) is 24.1 Å². The zero-order chi connectivity index (χ0) is 33.0. The number of carboxylic acid groups (broad SMARTS) is 2. The molecule has 14 heteroatoms. The van der Waals surface area contributed by atoms with Gasteiger partial charge in [-0.1, -0.05) is 12.1 Å². The summed E-state index contributed by atoms with van der Waals surface area (Å²) < 4.78 is 23.1. The van der Waals surface area contributed by atoms with Crippen LogP contribution in [0, 0.1) is 0 Å². The van der Waals surface area contributed by atoms with Crippen LogP contribution in [0.15, 0.2) is 24.3 Å². The van der Waals surface area contributed by atoms with Crippen LogP contribution < -0.4 is 0 Å². The molecule has 2 aromatic carbocycles. The lowest BCUT2D eigenvalue weighted by molar-refractivity contribution is -0.328. The summed E-state index contributed by atoms with van der Waals surface area (Å²) in [5.41, 5.74) is -2.51. The van der Waals surface area contributed by atoms with E-state index in [-0.39, 0.29) is 46.2 Å². The lowest BCUT2D eigenvalue weighted by atomic mass is 9.79. The molecule has 2 fully saturated rings.